The van der Waals surface area contributed by atoms with Gasteiger partial charge < -0.3 is 14.2 Å². The zero-order chi connectivity index (χ0) is 22.2. The molecule has 0 aromatic heterocycles. The molecule has 1 aliphatic carbocycles. The Labute approximate surface area is 174 Å². The molecule has 6 nitrogen and oxygen atoms in total. The van der Waals surface area contributed by atoms with Gasteiger partial charge in [0.05, 0.1) is 36.7 Å². The first kappa shape index (κ1) is 21.0. The number of hydrogen-bond donors (Lipinski definition) is 0. The summed E-state index contributed by atoms with van der Waals surface area (Å²) in [6, 6.07) is 4.80. The van der Waals surface area contributed by atoms with E-state index in [0.29, 0.717) is 16.9 Å². The molecule has 3 rings (SSSR count). The van der Waals surface area contributed by atoms with Gasteiger partial charge in [-0.2, -0.15) is 0 Å². The fourth-order valence-corrected chi connectivity index (χ4v) is 3.51. The molecular weight excluding hydrogens is 384 g/mol. The van der Waals surface area contributed by atoms with E-state index >= 15 is 0 Å². The van der Waals surface area contributed by atoms with E-state index in [1.54, 1.807) is 38.1 Å². The highest BCUT2D eigenvalue weighted by atomic mass is 16.5. The van der Waals surface area contributed by atoms with E-state index in [1.807, 2.05) is 0 Å². The molecule has 6 heteroatoms. The van der Waals surface area contributed by atoms with Crippen LogP contribution in [0.3, 0.4) is 0 Å². The minimum absolute atomic E-state index is 0.107. The van der Waals surface area contributed by atoms with Crippen molar-refractivity contribution in [2.24, 2.45) is 0 Å². The maximum absolute atomic E-state index is 13.6. The van der Waals surface area contributed by atoms with E-state index < -0.39 is 5.78 Å². The normalized spacial score (nSPS) is 12.4. The Kier molecular flexibility index (Phi) is 5.60. The Balaban J connectivity index is 2.41. The summed E-state index contributed by atoms with van der Waals surface area (Å²) in [5.74, 6) is 0.115. The largest absolute Gasteiger partial charge is 0.496 e. The highest BCUT2D eigenvalue weighted by Gasteiger charge is 2.38. The van der Waals surface area contributed by atoms with Crippen molar-refractivity contribution >= 4 is 23.4 Å². The Morgan fingerprint density at radius 1 is 0.967 bits per heavy atom. The van der Waals surface area contributed by atoms with Crippen LogP contribution >= 0.6 is 0 Å². The van der Waals surface area contributed by atoms with Gasteiger partial charge in [-0.1, -0.05) is 6.58 Å². The van der Waals surface area contributed by atoms with Crippen LogP contribution in [-0.2, 0) is 4.79 Å². The zero-order valence-electron chi connectivity index (χ0n) is 17.5. The minimum Gasteiger partial charge on any atom is -0.496 e. The third-order valence-corrected chi connectivity index (χ3v) is 4.78. The van der Waals surface area contributed by atoms with Crippen molar-refractivity contribution in [1.29, 1.82) is 0 Å². The SMILES string of the molecule is C=C(C)Oc1c(/C=C/C(C)=O)c(C)cc2c1C(=O)c1c(OC)ccc(OC)c1C2=O. The second kappa shape index (κ2) is 7.99. The minimum atomic E-state index is -0.427. The molecule has 0 fully saturated rings. The first-order valence-electron chi connectivity index (χ1n) is 9.25. The second-order valence-corrected chi connectivity index (χ2v) is 6.99. The number of hydrogen-bond acceptors (Lipinski definition) is 6. The van der Waals surface area contributed by atoms with Gasteiger partial charge in [-0.3, -0.25) is 14.4 Å². The summed E-state index contributed by atoms with van der Waals surface area (Å²) < 4.78 is 16.5. The van der Waals surface area contributed by atoms with Crippen molar-refractivity contribution in [3.05, 3.63) is 70.0 Å². The summed E-state index contributed by atoms with van der Waals surface area (Å²) in [6.45, 7) is 8.60. The third kappa shape index (κ3) is 3.41. The lowest BCUT2D eigenvalue weighted by Gasteiger charge is -2.25. The molecular formula is C24H22O6. The molecule has 1 aliphatic rings. The first-order chi connectivity index (χ1) is 14.2. The number of methoxy groups -OCH3 is 2. The highest BCUT2D eigenvalue weighted by molar-refractivity contribution is 6.31. The van der Waals surface area contributed by atoms with Gasteiger partial charge in [-0.25, -0.2) is 0 Å². The van der Waals surface area contributed by atoms with Crippen molar-refractivity contribution in [2.45, 2.75) is 20.8 Å². The fourth-order valence-electron chi connectivity index (χ4n) is 3.51. The molecule has 2 aromatic carbocycles. The van der Waals surface area contributed by atoms with Crippen molar-refractivity contribution in [2.75, 3.05) is 14.2 Å². The summed E-state index contributed by atoms with van der Waals surface area (Å²) >= 11 is 0. The molecule has 0 amide bonds. The summed E-state index contributed by atoms with van der Waals surface area (Å²) in [5.41, 5.74) is 1.78. The number of aryl methyl sites for hydroxylation is 1. The predicted molar refractivity (Wildman–Crippen MR) is 113 cm³/mol. The van der Waals surface area contributed by atoms with E-state index in [2.05, 4.69) is 6.58 Å². The molecule has 0 saturated carbocycles. The van der Waals surface area contributed by atoms with E-state index in [9.17, 15) is 14.4 Å². The lowest BCUT2D eigenvalue weighted by molar-refractivity contribution is -0.112. The van der Waals surface area contributed by atoms with Gasteiger partial charge >= 0.3 is 0 Å². The van der Waals surface area contributed by atoms with Crippen LogP contribution in [0.25, 0.3) is 6.08 Å². The quantitative estimate of drug-likeness (QED) is 0.449. The Morgan fingerprint density at radius 3 is 2.03 bits per heavy atom. The number of benzene rings is 2. The van der Waals surface area contributed by atoms with Gasteiger partial charge in [0.25, 0.3) is 0 Å². The van der Waals surface area contributed by atoms with Crippen LogP contribution in [0.1, 0.15) is 56.8 Å². The van der Waals surface area contributed by atoms with Crippen molar-refractivity contribution < 1.29 is 28.6 Å². The molecule has 0 aliphatic heterocycles. The number of ether oxygens (including phenoxy) is 3. The molecule has 0 N–H and O–H groups in total. The fraction of sp³-hybridized carbons (Fsp3) is 0.208. The van der Waals surface area contributed by atoms with Crippen molar-refractivity contribution in [1.82, 2.24) is 0 Å². The van der Waals surface area contributed by atoms with Crippen LogP contribution in [0, 0.1) is 6.92 Å². The molecule has 0 radical (unpaired) electrons. The first-order valence-corrected chi connectivity index (χ1v) is 9.25. The van der Waals surface area contributed by atoms with Crippen LogP contribution < -0.4 is 14.2 Å². The van der Waals surface area contributed by atoms with Gasteiger partial charge in [-0.05, 0) is 56.7 Å². The third-order valence-electron chi connectivity index (χ3n) is 4.78. The van der Waals surface area contributed by atoms with Crippen LogP contribution in [0.4, 0.5) is 0 Å². The van der Waals surface area contributed by atoms with Crippen LogP contribution in [0.5, 0.6) is 17.2 Å². The zero-order valence-corrected chi connectivity index (χ0v) is 17.5. The number of carbonyl (C=O) groups excluding carboxylic acids is 3. The Morgan fingerprint density at radius 2 is 1.53 bits per heavy atom. The second-order valence-electron chi connectivity index (χ2n) is 6.99. The maximum atomic E-state index is 13.6. The topological polar surface area (TPSA) is 78.9 Å². The van der Waals surface area contributed by atoms with Crippen LogP contribution in [-0.4, -0.2) is 31.6 Å². The molecule has 0 heterocycles. The van der Waals surface area contributed by atoms with Gasteiger partial charge in [0.1, 0.15) is 17.2 Å². The van der Waals surface area contributed by atoms with Crippen LogP contribution in [0.15, 0.2) is 36.6 Å². The predicted octanol–water partition coefficient (Wildman–Crippen LogP) is 4.30. The smallest absolute Gasteiger partial charge is 0.202 e. The van der Waals surface area contributed by atoms with Crippen molar-refractivity contribution in [3.8, 4) is 17.2 Å². The van der Waals surface area contributed by atoms with Crippen LogP contribution in [0.2, 0.25) is 0 Å². The highest BCUT2D eigenvalue weighted by Crippen LogP contribution is 2.43. The number of rotatable bonds is 6. The number of ketones is 3. The monoisotopic (exact) mass is 406 g/mol. The summed E-state index contributed by atoms with van der Waals surface area (Å²) in [5, 5.41) is 0. The van der Waals surface area contributed by atoms with E-state index in [0.717, 1.165) is 0 Å². The standard InChI is InChI=1S/C24H22O6/c1-12(2)30-24-15(8-7-14(4)25)13(3)11-16-19(24)23(27)21-18(29-6)10-9-17(28-5)20(21)22(16)26/h7-11H,1H2,2-6H3/b8-7+. The lowest BCUT2D eigenvalue weighted by atomic mass is 9.80. The lowest BCUT2D eigenvalue weighted by Crippen LogP contribution is -2.24. The molecule has 0 unspecified atom stereocenters. The average molecular weight is 406 g/mol. The molecule has 2 aromatic rings. The molecule has 0 bridgehead atoms. The Hall–Kier alpha value is -3.67. The summed E-state index contributed by atoms with van der Waals surface area (Å²) in [6.07, 6.45) is 2.96. The summed E-state index contributed by atoms with van der Waals surface area (Å²) in [4.78, 5) is 38.5. The summed E-state index contributed by atoms with van der Waals surface area (Å²) in [7, 11) is 2.86. The van der Waals surface area contributed by atoms with E-state index in [-0.39, 0.29) is 51.1 Å². The molecule has 0 saturated heterocycles. The molecule has 0 atom stereocenters. The van der Waals surface area contributed by atoms with E-state index in [4.69, 9.17) is 14.2 Å². The maximum Gasteiger partial charge on any atom is 0.202 e. The van der Waals surface area contributed by atoms with E-state index in [1.165, 1.54) is 27.2 Å². The Bertz CT molecular complexity index is 1140. The molecule has 154 valence electrons. The number of allylic oxidation sites excluding steroid dienone is 2. The van der Waals surface area contributed by atoms with Gasteiger partial charge in [0, 0.05) is 11.1 Å². The average Bonchev–Trinajstić information content (AvgIpc) is 2.69. The number of carbonyl (C=O) groups is 3. The van der Waals surface area contributed by atoms with Gasteiger partial charge in [0.15, 0.2) is 11.6 Å². The number of fused-ring (bicyclic) bond motifs is 2. The van der Waals surface area contributed by atoms with Crippen molar-refractivity contribution in [3.63, 3.8) is 0 Å². The van der Waals surface area contributed by atoms with Gasteiger partial charge in [0.2, 0.25) is 5.78 Å². The molecule has 0 spiro atoms. The molecule has 30 heavy (non-hydrogen) atoms. The van der Waals surface area contributed by atoms with Gasteiger partial charge in [-0.15, -0.1) is 0 Å².